The van der Waals surface area contributed by atoms with Gasteiger partial charge in [0.25, 0.3) is 0 Å². The van der Waals surface area contributed by atoms with Crippen molar-refractivity contribution in [1.29, 1.82) is 5.26 Å². The Labute approximate surface area is 107 Å². The standard InChI is InChI=1S/C14H18N2O2/c1-14(2,8-5-9-15)10-16-12-7-4-3-6-11(12)13(17)18/h3-4,6-7,16H,5,8,10H2,1-2H3,(H,17,18). The summed E-state index contributed by atoms with van der Waals surface area (Å²) in [7, 11) is 0. The SMILES string of the molecule is CC(C)(CCC#N)CNc1ccccc1C(=O)O. The van der Waals surface area contributed by atoms with E-state index in [1.165, 1.54) is 0 Å². The molecule has 0 unspecified atom stereocenters. The van der Waals surface area contributed by atoms with Crippen molar-refractivity contribution in [3.63, 3.8) is 0 Å². The second-order valence-corrected chi connectivity index (χ2v) is 5.03. The van der Waals surface area contributed by atoms with E-state index in [0.29, 0.717) is 18.7 Å². The van der Waals surface area contributed by atoms with E-state index in [0.717, 1.165) is 6.42 Å². The molecule has 0 aliphatic carbocycles. The van der Waals surface area contributed by atoms with Crippen LogP contribution >= 0.6 is 0 Å². The highest BCUT2D eigenvalue weighted by atomic mass is 16.4. The zero-order valence-corrected chi connectivity index (χ0v) is 10.7. The number of carbonyl (C=O) groups is 1. The van der Waals surface area contributed by atoms with E-state index in [-0.39, 0.29) is 11.0 Å². The fourth-order valence-corrected chi connectivity index (χ4v) is 1.64. The second-order valence-electron chi connectivity index (χ2n) is 5.03. The van der Waals surface area contributed by atoms with E-state index in [9.17, 15) is 4.79 Å². The van der Waals surface area contributed by atoms with Crippen molar-refractivity contribution in [2.45, 2.75) is 26.7 Å². The summed E-state index contributed by atoms with van der Waals surface area (Å²) in [5, 5.41) is 20.8. The monoisotopic (exact) mass is 246 g/mol. The lowest BCUT2D eigenvalue weighted by atomic mass is 9.88. The van der Waals surface area contributed by atoms with Gasteiger partial charge in [0, 0.05) is 18.7 Å². The van der Waals surface area contributed by atoms with Gasteiger partial charge in [-0.1, -0.05) is 26.0 Å². The summed E-state index contributed by atoms with van der Waals surface area (Å²) in [6.45, 7) is 4.75. The van der Waals surface area contributed by atoms with Crippen LogP contribution in [0.4, 0.5) is 5.69 Å². The number of nitrogens with one attached hydrogen (secondary N) is 1. The van der Waals surface area contributed by atoms with Gasteiger partial charge in [-0.05, 0) is 24.0 Å². The molecule has 4 heteroatoms. The fraction of sp³-hybridized carbons (Fsp3) is 0.429. The topological polar surface area (TPSA) is 73.1 Å². The molecule has 0 radical (unpaired) electrons. The Hall–Kier alpha value is -2.02. The highest BCUT2D eigenvalue weighted by Crippen LogP contribution is 2.24. The summed E-state index contributed by atoms with van der Waals surface area (Å²) < 4.78 is 0. The molecule has 4 nitrogen and oxygen atoms in total. The van der Waals surface area contributed by atoms with Gasteiger partial charge in [-0.2, -0.15) is 5.26 Å². The third kappa shape index (κ3) is 4.10. The highest BCUT2D eigenvalue weighted by molar-refractivity contribution is 5.94. The van der Waals surface area contributed by atoms with Crippen LogP contribution in [-0.4, -0.2) is 17.6 Å². The Bertz CT molecular complexity index is 461. The van der Waals surface area contributed by atoms with Crippen LogP contribution in [0, 0.1) is 16.7 Å². The van der Waals surface area contributed by atoms with Crippen LogP contribution < -0.4 is 5.32 Å². The van der Waals surface area contributed by atoms with Crippen LogP contribution in [0.1, 0.15) is 37.0 Å². The molecule has 96 valence electrons. The van der Waals surface area contributed by atoms with Gasteiger partial charge in [0.1, 0.15) is 0 Å². The largest absolute Gasteiger partial charge is 0.478 e. The van der Waals surface area contributed by atoms with Gasteiger partial charge in [-0.15, -0.1) is 0 Å². The van der Waals surface area contributed by atoms with E-state index in [2.05, 4.69) is 25.2 Å². The van der Waals surface area contributed by atoms with Crippen molar-refractivity contribution in [3.8, 4) is 6.07 Å². The molecular formula is C14H18N2O2. The van der Waals surface area contributed by atoms with Crippen LogP contribution in [0.25, 0.3) is 0 Å². The molecule has 0 atom stereocenters. The van der Waals surface area contributed by atoms with Crippen molar-refractivity contribution in [3.05, 3.63) is 29.8 Å². The predicted molar refractivity (Wildman–Crippen MR) is 70.5 cm³/mol. The minimum atomic E-state index is -0.937. The van der Waals surface area contributed by atoms with E-state index < -0.39 is 5.97 Å². The summed E-state index contributed by atoms with van der Waals surface area (Å²) in [6.07, 6.45) is 1.29. The quantitative estimate of drug-likeness (QED) is 0.808. The van der Waals surface area contributed by atoms with Crippen LogP contribution in [0.2, 0.25) is 0 Å². The van der Waals surface area contributed by atoms with Crippen LogP contribution in [-0.2, 0) is 0 Å². The second kappa shape index (κ2) is 6.06. The van der Waals surface area contributed by atoms with E-state index in [1.54, 1.807) is 24.3 Å². The van der Waals surface area contributed by atoms with Crippen LogP contribution in [0.5, 0.6) is 0 Å². The zero-order chi connectivity index (χ0) is 13.6. The molecule has 1 aromatic carbocycles. The van der Waals surface area contributed by atoms with Crippen molar-refractivity contribution >= 4 is 11.7 Å². The average Bonchev–Trinajstić information content (AvgIpc) is 2.34. The molecule has 2 N–H and O–H groups in total. The van der Waals surface area contributed by atoms with Crippen LogP contribution in [0.15, 0.2) is 24.3 Å². The Balaban J connectivity index is 2.69. The van der Waals surface area contributed by atoms with Gasteiger partial charge in [0.05, 0.1) is 11.6 Å². The van der Waals surface area contributed by atoms with Gasteiger partial charge in [0.15, 0.2) is 0 Å². The molecule has 0 amide bonds. The van der Waals surface area contributed by atoms with Gasteiger partial charge in [0.2, 0.25) is 0 Å². The first-order chi connectivity index (χ1) is 8.46. The number of hydrogen-bond donors (Lipinski definition) is 2. The number of carboxylic acids is 1. The molecule has 0 bridgehead atoms. The molecule has 0 spiro atoms. The molecule has 0 aliphatic rings. The minimum Gasteiger partial charge on any atom is -0.478 e. The molecule has 0 fully saturated rings. The average molecular weight is 246 g/mol. The molecule has 0 aliphatic heterocycles. The molecule has 0 saturated carbocycles. The molecule has 0 saturated heterocycles. The van der Waals surface area contributed by atoms with Gasteiger partial charge < -0.3 is 10.4 Å². The lowest BCUT2D eigenvalue weighted by molar-refractivity contribution is 0.0698. The number of hydrogen-bond acceptors (Lipinski definition) is 3. The summed E-state index contributed by atoms with van der Waals surface area (Å²) in [6, 6.07) is 8.97. The van der Waals surface area contributed by atoms with Gasteiger partial charge in [-0.25, -0.2) is 4.79 Å². The first-order valence-electron chi connectivity index (χ1n) is 5.89. The Kier molecular flexibility index (Phi) is 4.73. The van der Waals surface area contributed by atoms with E-state index >= 15 is 0 Å². The predicted octanol–water partition coefficient (Wildman–Crippen LogP) is 3.13. The van der Waals surface area contributed by atoms with Crippen molar-refractivity contribution in [1.82, 2.24) is 0 Å². The molecule has 0 aromatic heterocycles. The maximum Gasteiger partial charge on any atom is 0.337 e. The lowest BCUT2D eigenvalue weighted by Crippen LogP contribution is -2.23. The first kappa shape index (κ1) is 14.0. The maximum absolute atomic E-state index is 11.0. The molecule has 1 aromatic rings. The third-order valence-electron chi connectivity index (χ3n) is 2.83. The summed E-state index contributed by atoms with van der Waals surface area (Å²) in [5.74, 6) is -0.937. The van der Waals surface area contributed by atoms with E-state index in [4.69, 9.17) is 10.4 Å². The third-order valence-corrected chi connectivity index (χ3v) is 2.83. The first-order valence-corrected chi connectivity index (χ1v) is 5.89. The number of rotatable bonds is 6. The maximum atomic E-state index is 11.0. The van der Waals surface area contributed by atoms with Gasteiger partial charge >= 0.3 is 5.97 Å². The van der Waals surface area contributed by atoms with Crippen molar-refractivity contribution < 1.29 is 9.90 Å². The lowest BCUT2D eigenvalue weighted by Gasteiger charge is -2.24. The van der Waals surface area contributed by atoms with Crippen molar-refractivity contribution in [2.24, 2.45) is 5.41 Å². The molecule has 0 heterocycles. The minimum absolute atomic E-state index is 0.0403. The summed E-state index contributed by atoms with van der Waals surface area (Å²) >= 11 is 0. The number of anilines is 1. The number of carboxylic acid groups (broad SMARTS) is 1. The van der Waals surface area contributed by atoms with Crippen LogP contribution in [0.3, 0.4) is 0 Å². The Morgan fingerprint density at radius 1 is 1.44 bits per heavy atom. The highest BCUT2D eigenvalue weighted by Gasteiger charge is 2.18. The number of aromatic carboxylic acids is 1. The summed E-state index contributed by atoms with van der Waals surface area (Å²) in [4.78, 5) is 11.0. The molecular weight excluding hydrogens is 228 g/mol. The Morgan fingerprint density at radius 3 is 2.72 bits per heavy atom. The summed E-state index contributed by atoms with van der Waals surface area (Å²) in [5.41, 5.74) is 0.852. The number of benzene rings is 1. The Morgan fingerprint density at radius 2 is 2.11 bits per heavy atom. The zero-order valence-electron chi connectivity index (χ0n) is 10.7. The smallest absolute Gasteiger partial charge is 0.337 e. The molecule has 18 heavy (non-hydrogen) atoms. The fourth-order valence-electron chi connectivity index (χ4n) is 1.64. The number of nitriles is 1. The number of para-hydroxylation sites is 1. The number of nitrogens with zero attached hydrogens (tertiary/aromatic N) is 1. The van der Waals surface area contributed by atoms with Crippen molar-refractivity contribution in [2.75, 3.05) is 11.9 Å². The van der Waals surface area contributed by atoms with E-state index in [1.807, 2.05) is 0 Å². The molecule has 1 rings (SSSR count). The van der Waals surface area contributed by atoms with Gasteiger partial charge in [-0.3, -0.25) is 0 Å². The normalized spacial score (nSPS) is 10.7.